The quantitative estimate of drug-likeness (QED) is 0.615. The minimum Gasteiger partial charge on any atom is -0.371 e. The number of benzene rings is 1. The molecule has 2 heteroatoms. The normalized spacial score (nSPS) is 17.8. The van der Waals surface area contributed by atoms with Gasteiger partial charge in [-0.15, -0.1) is 0 Å². The van der Waals surface area contributed by atoms with Gasteiger partial charge in [0.2, 0.25) is 0 Å². The van der Waals surface area contributed by atoms with Gasteiger partial charge in [0.1, 0.15) is 0 Å². The molecule has 0 radical (unpaired) electrons. The largest absolute Gasteiger partial charge is 0.371 e. The molecule has 0 unspecified atom stereocenters. The second-order valence-electron chi connectivity index (χ2n) is 4.10. The topological polar surface area (TPSA) is 27.0 Å². The molecule has 3 rings (SSSR count). The van der Waals surface area contributed by atoms with Crippen molar-refractivity contribution in [3.63, 3.8) is 0 Å². The van der Waals surface area contributed by atoms with E-state index in [1.807, 2.05) is 0 Å². The number of aryl methyl sites for hydroxylation is 1. The lowest BCUT2D eigenvalue weighted by atomic mass is 9.97. The third kappa shape index (κ3) is 0.957. The van der Waals surface area contributed by atoms with Crippen LogP contribution in [0.2, 0.25) is 0 Å². The molecule has 2 aliphatic heterocycles. The Kier molecular flexibility index (Phi) is 1.55. The number of nitriles is 1. The van der Waals surface area contributed by atoms with Crippen LogP contribution in [0.15, 0.2) is 12.1 Å². The molecule has 0 saturated heterocycles. The van der Waals surface area contributed by atoms with E-state index in [0.717, 1.165) is 24.9 Å². The van der Waals surface area contributed by atoms with E-state index >= 15 is 0 Å². The SMILES string of the molecule is N#Cc1cc2c3c(c1)CCN3CCC2. The van der Waals surface area contributed by atoms with Crippen LogP contribution in [-0.4, -0.2) is 13.1 Å². The molecule has 2 nitrogen and oxygen atoms in total. The van der Waals surface area contributed by atoms with E-state index < -0.39 is 0 Å². The van der Waals surface area contributed by atoms with Crippen LogP contribution in [0.4, 0.5) is 5.69 Å². The molecule has 2 heterocycles. The highest BCUT2D eigenvalue weighted by atomic mass is 15.2. The summed E-state index contributed by atoms with van der Waals surface area (Å²) in [6.45, 7) is 2.35. The first-order valence-electron chi connectivity index (χ1n) is 5.19. The van der Waals surface area contributed by atoms with Crippen molar-refractivity contribution >= 4 is 5.69 Å². The second kappa shape index (κ2) is 2.75. The summed E-state index contributed by atoms with van der Waals surface area (Å²) in [5.41, 5.74) is 5.05. The summed E-state index contributed by atoms with van der Waals surface area (Å²) in [6.07, 6.45) is 3.51. The zero-order valence-corrected chi connectivity index (χ0v) is 8.08. The van der Waals surface area contributed by atoms with Crippen molar-refractivity contribution in [1.29, 1.82) is 5.26 Å². The van der Waals surface area contributed by atoms with Crippen molar-refractivity contribution in [3.05, 3.63) is 28.8 Å². The van der Waals surface area contributed by atoms with Gasteiger partial charge in [-0.3, -0.25) is 0 Å². The molecule has 0 amide bonds. The molecule has 2 aliphatic rings. The van der Waals surface area contributed by atoms with E-state index in [2.05, 4.69) is 23.1 Å². The third-order valence-corrected chi connectivity index (χ3v) is 3.24. The van der Waals surface area contributed by atoms with Gasteiger partial charge in [-0.05, 0) is 42.5 Å². The number of nitrogens with zero attached hydrogens (tertiary/aromatic N) is 2. The van der Waals surface area contributed by atoms with Crippen LogP contribution < -0.4 is 4.90 Å². The van der Waals surface area contributed by atoms with Crippen molar-refractivity contribution in [2.75, 3.05) is 18.0 Å². The third-order valence-electron chi connectivity index (χ3n) is 3.24. The van der Waals surface area contributed by atoms with E-state index in [4.69, 9.17) is 5.26 Å². The zero-order chi connectivity index (χ0) is 9.54. The lowest BCUT2D eigenvalue weighted by Gasteiger charge is -2.27. The second-order valence-corrected chi connectivity index (χ2v) is 4.10. The molecular formula is C12H12N2. The number of hydrogen-bond acceptors (Lipinski definition) is 2. The summed E-state index contributed by atoms with van der Waals surface area (Å²) in [7, 11) is 0. The van der Waals surface area contributed by atoms with Crippen molar-refractivity contribution in [1.82, 2.24) is 0 Å². The van der Waals surface area contributed by atoms with Gasteiger partial charge in [0, 0.05) is 18.8 Å². The van der Waals surface area contributed by atoms with Crippen LogP contribution in [0.3, 0.4) is 0 Å². The molecule has 0 fully saturated rings. The molecule has 0 spiro atoms. The smallest absolute Gasteiger partial charge is 0.0991 e. The van der Waals surface area contributed by atoms with E-state index in [1.165, 1.54) is 29.8 Å². The maximum Gasteiger partial charge on any atom is 0.0991 e. The van der Waals surface area contributed by atoms with Crippen molar-refractivity contribution < 1.29 is 0 Å². The number of hydrogen-bond donors (Lipinski definition) is 0. The predicted octanol–water partition coefficient (Wildman–Crippen LogP) is 1.87. The van der Waals surface area contributed by atoms with Gasteiger partial charge in [-0.25, -0.2) is 0 Å². The maximum absolute atomic E-state index is 8.91. The Balaban J connectivity index is 2.22. The van der Waals surface area contributed by atoms with E-state index in [0.29, 0.717) is 0 Å². The van der Waals surface area contributed by atoms with Gasteiger partial charge >= 0.3 is 0 Å². The van der Waals surface area contributed by atoms with Gasteiger partial charge in [0.05, 0.1) is 11.6 Å². The Morgan fingerprint density at radius 3 is 2.71 bits per heavy atom. The van der Waals surface area contributed by atoms with Gasteiger partial charge in [0.25, 0.3) is 0 Å². The summed E-state index contributed by atoms with van der Waals surface area (Å²) in [6, 6.07) is 6.38. The van der Waals surface area contributed by atoms with Crippen LogP contribution >= 0.6 is 0 Å². The number of anilines is 1. The predicted molar refractivity (Wildman–Crippen MR) is 55.4 cm³/mol. The van der Waals surface area contributed by atoms with Gasteiger partial charge in [-0.2, -0.15) is 5.26 Å². The average Bonchev–Trinajstić information content (AvgIpc) is 2.64. The lowest BCUT2D eigenvalue weighted by Crippen LogP contribution is -2.26. The van der Waals surface area contributed by atoms with E-state index in [-0.39, 0.29) is 0 Å². The van der Waals surface area contributed by atoms with Crippen molar-refractivity contribution in [2.45, 2.75) is 19.3 Å². The Bertz CT molecular complexity index is 429. The fourth-order valence-corrected chi connectivity index (χ4v) is 2.66. The molecule has 0 saturated carbocycles. The van der Waals surface area contributed by atoms with Crippen molar-refractivity contribution in [2.24, 2.45) is 0 Å². The summed E-state index contributed by atoms with van der Waals surface area (Å²) in [4.78, 5) is 2.47. The van der Waals surface area contributed by atoms with Crippen LogP contribution in [-0.2, 0) is 12.8 Å². The molecule has 1 aromatic rings. The summed E-state index contributed by atoms with van der Waals surface area (Å²) < 4.78 is 0. The fourth-order valence-electron chi connectivity index (χ4n) is 2.66. The molecule has 0 aromatic heterocycles. The van der Waals surface area contributed by atoms with Crippen LogP contribution in [0.5, 0.6) is 0 Å². The Morgan fingerprint density at radius 2 is 1.93 bits per heavy atom. The maximum atomic E-state index is 8.91. The Labute approximate surface area is 83.8 Å². The summed E-state index contributed by atoms with van der Waals surface area (Å²) >= 11 is 0. The van der Waals surface area contributed by atoms with Gasteiger partial charge in [0.15, 0.2) is 0 Å². The average molecular weight is 184 g/mol. The standard InChI is InChI=1S/C12H12N2/c13-8-9-6-10-2-1-4-14-5-3-11(7-9)12(10)14/h6-7H,1-5H2. The summed E-state index contributed by atoms with van der Waals surface area (Å²) in [5.74, 6) is 0. The van der Waals surface area contributed by atoms with E-state index in [9.17, 15) is 0 Å². The van der Waals surface area contributed by atoms with Crippen molar-refractivity contribution in [3.8, 4) is 6.07 Å². The first-order chi connectivity index (χ1) is 6.88. The van der Waals surface area contributed by atoms with Crippen LogP contribution in [0.1, 0.15) is 23.1 Å². The highest BCUT2D eigenvalue weighted by Gasteiger charge is 2.25. The lowest BCUT2D eigenvalue weighted by molar-refractivity contribution is 0.719. The molecule has 0 N–H and O–H groups in total. The highest BCUT2D eigenvalue weighted by Crippen LogP contribution is 2.36. The molecule has 70 valence electrons. The summed E-state index contributed by atoms with van der Waals surface area (Å²) in [5, 5.41) is 8.91. The minimum absolute atomic E-state index is 0.836. The fraction of sp³-hybridized carbons (Fsp3) is 0.417. The molecule has 14 heavy (non-hydrogen) atoms. The monoisotopic (exact) mass is 184 g/mol. The zero-order valence-electron chi connectivity index (χ0n) is 8.08. The van der Waals surface area contributed by atoms with Gasteiger partial charge in [-0.1, -0.05) is 0 Å². The van der Waals surface area contributed by atoms with Gasteiger partial charge < -0.3 is 4.90 Å². The molecule has 0 aliphatic carbocycles. The molecule has 1 aromatic carbocycles. The first-order valence-corrected chi connectivity index (χ1v) is 5.19. The minimum atomic E-state index is 0.836. The Morgan fingerprint density at radius 1 is 1.14 bits per heavy atom. The van der Waals surface area contributed by atoms with Crippen LogP contribution in [0.25, 0.3) is 0 Å². The highest BCUT2D eigenvalue weighted by molar-refractivity contribution is 5.66. The molecular weight excluding hydrogens is 172 g/mol. The Hall–Kier alpha value is -1.49. The van der Waals surface area contributed by atoms with E-state index in [1.54, 1.807) is 0 Å². The first kappa shape index (κ1) is 7.87. The number of rotatable bonds is 0. The molecule has 0 atom stereocenters. The van der Waals surface area contributed by atoms with Crippen LogP contribution in [0, 0.1) is 11.3 Å². The molecule has 0 bridgehead atoms.